The van der Waals surface area contributed by atoms with Gasteiger partial charge in [-0.2, -0.15) is 0 Å². The van der Waals surface area contributed by atoms with Crippen LogP contribution >= 0.6 is 45.5 Å². The van der Waals surface area contributed by atoms with Gasteiger partial charge in [0.15, 0.2) is 16.9 Å². The van der Waals surface area contributed by atoms with Gasteiger partial charge in [0.1, 0.15) is 38.3 Å². The van der Waals surface area contributed by atoms with E-state index in [4.69, 9.17) is 30.6 Å². The smallest absolute Gasteiger partial charge is 0.413 e. The highest BCUT2D eigenvalue weighted by atomic mass is 127. The lowest BCUT2D eigenvalue weighted by atomic mass is 10.0. The Balaban J connectivity index is 1.44. The first-order valence-electron chi connectivity index (χ1n) is 17.9. The summed E-state index contributed by atoms with van der Waals surface area (Å²) in [4.78, 5) is 78.7. The molecule has 0 saturated carbocycles. The lowest BCUT2D eigenvalue weighted by Gasteiger charge is -2.49. The van der Waals surface area contributed by atoms with Gasteiger partial charge in [0.2, 0.25) is 5.60 Å². The van der Waals surface area contributed by atoms with Crippen molar-refractivity contribution in [2.24, 2.45) is 5.16 Å². The summed E-state index contributed by atoms with van der Waals surface area (Å²) in [5.41, 5.74) is -2.52. The molecule has 2 N–H and O–H groups in total. The van der Waals surface area contributed by atoms with E-state index >= 15 is 0 Å². The lowest BCUT2D eigenvalue weighted by molar-refractivity contribution is -0.179. The molecule has 310 valence electrons. The van der Waals surface area contributed by atoms with Gasteiger partial charge in [-0.1, -0.05) is 111 Å². The van der Waals surface area contributed by atoms with Crippen LogP contribution in [0.3, 0.4) is 0 Å². The second kappa shape index (κ2) is 17.8. The van der Waals surface area contributed by atoms with Crippen molar-refractivity contribution in [1.29, 1.82) is 0 Å². The second-order valence-electron chi connectivity index (χ2n) is 15.6. The van der Waals surface area contributed by atoms with Gasteiger partial charge in [-0.3, -0.25) is 24.0 Å². The molecule has 1 unspecified atom stereocenters. The molecule has 0 aliphatic carbocycles. The largest absolute Gasteiger partial charge is 0.457 e. The highest BCUT2D eigenvalue weighted by molar-refractivity contribution is 14.1. The zero-order valence-corrected chi connectivity index (χ0v) is 37.5. The van der Waals surface area contributed by atoms with E-state index in [9.17, 15) is 28.2 Å². The number of nitrogens with zero attached hydrogens (tertiary/aromatic N) is 3. The number of carbonyl (C=O) groups is 5. The number of alkyl halides is 1. The molecule has 58 heavy (non-hydrogen) atoms. The lowest BCUT2D eigenvalue weighted by Crippen LogP contribution is -2.74. The number of thiazole rings is 1. The molecule has 3 amide bonds. The first-order valence-corrected chi connectivity index (χ1v) is 22.0. The number of hydrogen-bond donors (Lipinski definition) is 2. The minimum atomic E-state index is -1.77. The Morgan fingerprint density at radius 3 is 2.07 bits per heavy atom. The third-order valence-corrected chi connectivity index (χ3v) is 11.9. The summed E-state index contributed by atoms with van der Waals surface area (Å²) in [7, 11) is -1.77. The predicted molar refractivity (Wildman–Crippen MR) is 227 cm³/mol. The molecule has 2 aliphatic heterocycles. The van der Waals surface area contributed by atoms with Crippen LogP contribution in [0.2, 0.25) is 4.34 Å². The molecule has 1 aromatic heterocycles. The third-order valence-electron chi connectivity index (χ3n) is 8.16. The maximum atomic E-state index is 14.1. The quantitative estimate of drug-likeness (QED) is 0.0387. The van der Waals surface area contributed by atoms with Gasteiger partial charge < -0.3 is 24.4 Å². The Morgan fingerprint density at radius 1 is 0.966 bits per heavy atom. The van der Waals surface area contributed by atoms with Crippen molar-refractivity contribution in [2.75, 3.05) is 15.5 Å². The summed E-state index contributed by atoms with van der Waals surface area (Å²) in [6, 6.07) is 16.8. The number of anilines is 1. The van der Waals surface area contributed by atoms with Crippen molar-refractivity contribution >= 4 is 97.0 Å². The number of halogens is 2. The van der Waals surface area contributed by atoms with E-state index in [0.717, 1.165) is 16.2 Å². The fourth-order valence-electron chi connectivity index (χ4n) is 5.58. The topological polar surface area (TPSA) is 192 Å². The van der Waals surface area contributed by atoms with Gasteiger partial charge in [0, 0.05) is 4.43 Å². The van der Waals surface area contributed by atoms with Crippen molar-refractivity contribution in [3.63, 3.8) is 0 Å². The zero-order valence-electron chi connectivity index (χ0n) is 32.9. The summed E-state index contributed by atoms with van der Waals surface area (Å²) in [6.07, 6.45) is -1.67. The summed E-state index contributed by atoms with van der Waals surface area (Å²) in [6.45, 7) is 12.8. The van der Waals surface area contributed by atoms with Crippen molar-refractivity contribution in [3.05, 3.63) is 93.1 Å². The first-order chi connectivity index (χ1) is 27.1. The van der Waals surface area contributed by atoms with E-state index in [1.165, 1.54) is 13.8 Å². The second-order valence-corrected chi connectivity index (χ2v) is 19.5. The molecule has 19 heteroatoms. The van der Waals surface area contributed by atoms with Crippen LogP contribution in [0.25, 0.3) is 0 Å². The fourth-order valence-corrected chi connectivity index (χ4v) is 9.30. The maximum Gasteiger partial charge on any atom is 0.413 e. The standard InChI is InChI=1S/C39H43ClIN5O10S2/c1-37(2,3)54-34(50)39(7,8)56-45-25(24-29(40)57-35(43-24)44-36(51)55-38(4,5)6)30(47)42-26-31(48)46-27(23(19-41)20-58(52)32(26)46)33(49)53-28(21-15-11-9-12-16-21)22-17-13-10-14-18-22/h9-18,26,28,32H,19-20H2,1-8H3,(H,42,47)(H,43,44,51)/t26-,32-,58?/m1/s1. The van der Waals surface area contributed by atoms with Crippen LogP contribution in [0.15, 0.2) is 77.1 Å². The van der Waals surface area contributed by atoms with Gasteiger partial charge in [-0.25, -0.2) is 19.4 Å². The van der Waals surface area contributed by atoms with E-state index < -0.39 is 80.7 Å². The van der Waals surface area contributed by atoms with Gasteiger partial charge in [-0.15, -0.1) is 0 Å². The SMILES string of the molecule is CC(C)(C)OC(=O)Nc1nc(C(=NOC(C)(C)C(=O)OC(C)(C)C)C(=O)N[C@@H]2C(=O)N3C(C(=O)OC(c4ccccc4)c4ccccc4)=C(CI)CS(=O)[C@H]23)c(Cl)s1. The molecule has 3 atom stereocenters. The Hall–Kier alpha value is -4.40. The number of β-lactam (4-membered cyclic amide) rings is 1. The first kappa shape index (κ1) is 44.7. The molecule has 3 heterocycles. The maximum absolute atomic E-state index is 14.1. The van der Waals surface area contributed by atoms with Crippen LogP contribution in [-0.2, 0) is 49.0 Å². The molecule has 15 nitrogen and oxygen atoms in total. The van der Waals surface area contributed by atoms with Gasteiger partial charge >= 0.3 is 18.0 Å². The van der Waals surface area contributed by atoms with E-state index in [1.54, 1.807) is 41.5 Å². The normalized spacial score (nSPS) is 18.5. The van der Waals surface area contributed by atoms with Crippen molar-refractivity contribution in [3.8, 4) is 0 Å². The number of amides is 3. The monoisotopic (exact) mass is 967 g/mol. The molecule has 1 fully saturated rings. The number of ether oxygens (including phenoxy) is 3. The molecule has 0 radical (unpaired) electrons. The molecule has 3 aromatic rings. The minimum Gasteiger partial charge on any atom is -0.457 e. The number of aromatic nitrogens is 1. The van der Waals surface area contributed by atoms with Crippen molar-refractivity contribution < 1.29 is 47.2 Å². The van der Waals surface area contributed by atoms with Crippen molar-refractivity contribution in [1.82, 2.24) is 15.2 Å². The van der Waals surface area contributed by atoms with E-state index in [-0.39, 0.29) is 31.0 Å². The molecule has 1 saturated heterocycles. The third kappa shape index (κ3) is 10.6. The van der Waals surface area contributed by atoms with E-state index in [2.05, 4.69) is 20.8 Å². The highest BCUT2D eigenvalue weighted by Gasteiger charge is 2.58. The molecular weight excluding hydrogens is 925 g/mol. The number of fused-ring (bicyclic) bond motifs is 1. The van der Waals surface area contributed by atoms with Gasteiger partial charge in [0.25, 0.3) is 11.8 Å². The minimum absolute atomic E-state index is 0.0527. The Morgan fingerprint density at radius 2 is 1.53 bits per heavy atom. The Labute approximate surface area is 360 Å². The number of esters is 2. The van der Waals surface area contributed by atoms with Crippen LogP contribution < -0.4 is 10.6 Å². The summed E-state index contributed by atoms with van der Waals surface area (Å²) < 4.78 is 30.7. The Bertz CT molecular complexity index is 2130. The molecule has 2 aromatic carbocycles. The average Bonchev–Trinajstić information content (AvgIpc) is 3.49. The molecular formula is C39H43ClIN5O10S2. The van der Waals surface area contributed by atoms with Crippen LogP contribution in [0.4, 0.5) is 9.93 Å². The fraction of sp³-hybridized carbons (Fsp3) is 0.410. The highest BCUT2D eigenvalue weighted by Crippen LogP contribution is 2.38. The summed E-state index contributed by atoms with van der Waals surface area (Å²) in [5.74, 6) is -3.46. The van der Waals surface area contributed by atoms with Gasteiger partial charge in [0.05, 0.1) is 16.6 Å². The summed E-state index contributed by atoms with van der Waals surface area (Å²) >= 11 is 9.35. The molecule has 2 aliphatic rings. The van der Waals surface area contributed by atoms with Crippen LogP contribution in [0, 0.1) is 0 Å². The zero-order chi connectivity index (χ0) is 42.7. The number of rotatable bonds is 12. The number of carbonyl (C=O) groups excluding carboxylic acids is 5. The average molecular weight is 968 g/mol. The van der Waals surface area contributed by atoms with Gasteiger partial charge in [-0.05, 0) is 72.1 Å². The van der Waals surface area contributed by atoms with Crippen LogP contribution in [0.5, 0.6) is 0 Å². The molecule has 0 spiro atoms. The van der Waals surface area contributed by atoms with Crippen molar-refractivity contribution in [2.45, 2.75) is 89.7 Å². The molecule has 5 rings (SSSR count). The van der Waals surface area contributed by atoms with Crippen LogP contribution in [0.1, 0.15) is 78.3 Å². The number of nitrogens with one attached hydrogen (secondary N) is 2. The summed E-state index contributed by atoms with van der Waals surface area (Å²) in [5, 5.41) is 7.77. The van der Waals surface area contributed by atoms with E-state index in [0.29, 0.717) is 16.7 Å². The van der Waals surface area contributed by atoms with E-state index in [1.807, 2.05) is 83.3 Å². The predicted octanol–water partition coefficient (Wildman–Crippen LogP) is 6.42. The van der Waals surface area contributed by atoms with Crippen LogP contribution in [-0.4, -0.2) is 88.0 Å². The number of oxime groups is 1. The Kier molecular flexibility index (Phi) is 13.7. The molecule has 0 bridgehead atoms. The number of benzene rings is 2. The number of hydrogen-bond acceptors (Lipinski definition) is 13.